The van der Waals surface area contributed by atoms with Crippen LogP contribution in [0, 0.1) is 0 Å². The van der Waals surface area contributed by atoms with Crippen molar-refractivity contribution in [1.29, 1.82) is 0 Å². The van der Waals surface area contributed by atoms with Crippen LogP contribution in [0.4, 0.5) is 0 Å². The standard InChI is InChI=1S/C11H6Cl2N2O2/c12-9-2-1-8(3-10(9)13)17-11-14-4-7(6-16)5-15-11/h1-6H. The molecule has 0 fully saturated rings. The first-order chi connectivity index (χ1) is 8.19. The van der Waals surface area contributed by atoms with E-state index in [1.165, 1.54) is 12.4 Å². The normalized spacial score (nSPS) is 10.0. The molecule has 0 unspecified atom stereocenters. The smallest absolute Gasteiger partial charge is 0.321 e. The van der Waals surface area contributed by atoms with E-state index in [2.05, 4.69) is 9.97 Å². The summed E-state index contributed by atoms with van der Waals surface area (Å²) in [6.07, 6.45) is 3.39. The molecule has 0 saturated carbocycles. The molecule has 2 rings (SSSR count). The van der Waals surface area contributed by atoms with Crippen LogP contribution in [0.2, 0.25) is 10.0 Å². The number of aldehydes is 1. The van der Waals surface area contributed by atoms with Gasteiger partial charge in [-0.1, -0.05) is 23.2 Å². The molecule has 0 spiro atoms. The molecule has 4 nitrogen and oxygen atoms in total. The Kier molecular flexibility index (Phi) is 3.56. The molecule has 0 radical (unpaired) electrons. The fourth-order valence-corrected chi connectivity index (χ4v) is 1.37. The van der Waals surface area contributed by atoms with Crippen molar-refractivity contribution in [2.45, 2.75) is 0 Å². The van der Waals surface area contributed by atoms with E-state index in [1.54, 1.807) is 18.2 Å². The number of hydrogen-bond acceptors (Lipinski definition) is 4. The zero-order valence-electron chi connectivity index (χ0n) is 8.43. The molecule has 1 aromatic heterocycles. The Morgan fingerprint density at radius 3 is 2.41 bits per heavy atom. The highest BCUT2D eigenvalue weighted by molar-refractivity contribution is 6.42. The topological polar surface area (TPSA) is 52.1 Å². The number of ether oxygens (including phenoxy) is 1. The minimum Gasteiger partial charge on any atom is -0.424 e. The molecule has 0 aliphatic rings. The molecule has 0 aliphatic heterocycles. The molecule has 0 atom stereocenters. The lowest BCUT2D eigenvalue weighted by atomic mass is 10.3. The predicted molar refractivity (Wildman–Crippen MR) is 64.0 cm³/mol. The maximum atomic E-state index is 10.4. The number of halogens is 2. The van der Waals surface area contributed by atoms with Gasteiger partial charge in [0.15, 0.2) is 6.29 Å². The van der Waals surface area contributed by atoms with Crippen molar-refractivity contribution < 1.29 is 9.53 Å². The Balaban J connectivity index is 2.19. The second-order valence-electron chi connectivity index (χ2n) is 3.09. The highest BCUT2D eigenvalue weighted by atomic mass is 35.5. The molecule has 0 amide bonds. The van der Waals surface area contributed by atoms with Crippen molar-refractivity contribution in [1.82, 2.24) is 9.97 Å². The molecule has 1 aromatic carbocycles. The lowest BCUT2D eigenvalue weighted by molar-refractivity contribution is 0.112. The SMILES string of the molecule is O=Cc1cnc(Oc2ccc(Cl)c(Cl)c2)nc1. The summed E-state index contributed by atoms with van der Waals surface area (Å²) in [5.74, 6) is 0.471. The summed E-state index contributed by atoms with van der Waals surface area (Å²) in [5, 5.41) is 0.824. The number of benzene rings is 1. The first kappa shape index (κ1) is 11.8. The number of nitrogens with zero attached hydrogens (tertiary/aromatic N) is 2. The van der Waals surface area contributed by atoms with Gasteiger partial charge in [0, 0.05) is 18.5 Å². The van der Waals surface area contributed by atoms with Crippen LogP contribution in [0.1, 0.15) is 10.4 Å². The van der Waals surface area contributed by atoms with Crippen molar-refractivity contribution in [3.63, 3.8) is 0 Å². The van der Waals surface area contributed by atoms with Crippen molar-refractivity contribution in [2.24, 2.45) is 0 Å². The van der Waals surface area contributed by atoms with Gasteiger partial charge in [0.1, 0.15) is 5.75 Å². The van der Waals surface area contributed by atoms with Gasteiger partial charge in [0.25, 0.3) is 0 Å². The van der Waals surface area contributed by atoms with Gasteiger partial charge in [-0.3, -0.25) is 4.79 Å². The summed E-state index contributed by atoms with van der Waals surface area (Å²) in [7, 11) is 0. The van der Waals surface area contributed by atoms with E-state index in [0.29, 0.717) is 27.6 Å². The molecule has 86 valence electrons. The van der Waals surface area contributed by atoms with Crippen LogP contribution in [0.3, 0.4) is 0 Å². The van der Waals surface area contributed by atoms with E-state index >= 15 is 0 Å². The zero-order chi connectivity index (χ0) is 12.3. The fraction of sp³-hybridized carbons (Fsp3) is 0. The number of carbonyl (C=O) groups excluding carboxylic acids is 1. The average Bonchev–Trinajstić information content (AvgIpc) is 2.35. The molecular weight excluding hydrogens is 263 g/mol. The van der Waals surface area contributed by atoms with E-state index in [4.69, 9.17) is 27.9 Å². The largest absolute Gasteiger partial charge is 0.424 e. The van der Waals surface area contributed by atoms with Gasteiger partial charge in [-0.05, 0) is 12.1 Å². The van der Waals surface area contributed by atoms with Gasteiger partial charge in [0.2, 0.25) is 0 Å². The van der Waals surface area contributed by atoms with Crippen LogP contribution < -0.4 is 4.74 Å². The van der Waals surface area contributed by atoms with E-state index in [1.807, 2.05) is 0 Å². The van der Waals surface area contributed by atoms with Crippen molar-refractivity contribution in [3.05, 3.63) is 46.2 Å². The van der Waals surface area contributed by atoms with E-state index < -0.39 is 0 Å². The maximum Gasteiger partial charge on any atom is 0.321 e. The summed E-state index contributed by atoms with van der Waals surface area (Å²) < 4.78 is 5.33. The first-order valence-electron chi connectivity index (χ1n) is 4.59. The van der Waals surface area contributed by atoms with Crippen molar-refractivity contribution in [2.75, 3.05) is 0 Å². The zero-order valence-corrected chi connectivity index (χ0v) is 9.94. The molecule has 0 aliphatic carbocycles. The fourth-order valence-electron chi connectivity index (χ4n) is 1.09. The quantitative estimate of drug-likeness (QED) is 0.801. The highest BCUT2D eigenvalue weighted by Crippen LogP contribution is 2.28. The minimum absolute atomic E-state index is 0.133. The van der Waals surface area contributed by atoms with Crippen molar-refractivity contribution >= 4 is 29.5 Å². The number of aromatic nitrogens is 2. The van der Waals surface area contributed by atoms with Crippen LogP contribution in [0.15, 0.2) is 30.6 Å². The molecule has 0 bridgehead atoms. The van der Waals surface area contributed by atoms with Gasteiger partial charge in [-0.25, -0.2) is 9.97 Å². The monoisotopic (exact) mass is 268 g/mol. The molecule has 17 heavy (non-hydrogen) atoms. The maximum absolute atomic E-state index is 10.4. The third kappa shape index (κ3) is 2.93. The third-order valence-electron chi connectivity index (χ3n) is 1.88. The summed E-state index contributed by atoms with van der Waals surface area (Å²) in [6, 6.07) is 4.94. The average molecular weight is 269 g/mol. The lowest BCUT2D eigenvalue weighted by Crippen LogP contribution is -1.93. The molecule has 1 heterocycles. The Hall–Kier alpha value is -1.65. The van der Waals surface area contributed by atoms with Gasteiger partial charge in [-0.15, -0.1) is 0 Å². The summed E-state index contributed by atoms with van der Waals surface area (Å²) in [5.41, 5.74) is 0.381. The molecular formula is C11H6Cl2N2O2. The number of carbonyl (C=O) groups is 1. The number of hydrogen-bond donors (Lipinski definition) is 0. The minimum atomic E-state index is 0.133. The first-order valence-corrected chi connectivity index (χ1v) is 5.35. The molecule has 0 saturated heterocycles. The summed E-state index contributed by atoms with van der Waals surface area (Å²) in [6.45, 7) is 0. The predicted octanol–water partition coefficient (Wildman–Crippen LogP) is 3.39. The highest BCUT2D eigenvalue weighted by Gasteiger charge is 2.03. The van der Waals surface area contributed by atoms with Crippen LogP contribution in [0.5, 0.6) is 11.8 Å². The lowest BCUT2D eigenvalue weighted by Gasteiger charge is -2.04. The Labute approximate surface area is 107 Å². The van der Waals surface area contributed by atoms with Crippen LogP contribution in [-0.2, 0) is 0 Å². The van der Waals surface area contributed by atoms with Crippen LogP contribution >= 0.6 is 23.2 Å². The second-order valence-corrected chi connectivity index (χ2v) is 3.91. The van der Waals surface area contributed by atoms with Gasteiger partial charge in [0.05, 0.1) is 15.6 Å². The Bertz CT molecular complexity index is 544. The molecule has 0 N–H and O–H groups in total. The molecule has 2 aromatic rings. The van der Waals surface area contributed by atoms with Crippen LogP contribution in [0.25, 0.3) is 0 Å². The Morgan fingerprint density at radius 2 is 1.82 bits per heavy atom. The summed E-state index contributed by atoms with van der Waals surface area (Å²) >= 11 is 11.6. The second kappa shape index (κ2) is 5.12. The van der Waals surface area contributed by atoms with E-state index in [9.17, 15) is 4.79 Å². The third-order valence-corrected chi connectivity index (χ3v) is 2.62. The van der Waals surface area contributed by atoms with Gasteiger partial charge in [-0.2, -0.15) is 0 Å². The van der Waals surface area contributed by atoms with E-state index in [0.717, 1.165) is 0 Å². The van der Waals surface area contributed by atoms with Gasteiger partial charge < -0.3 is 4.74 Å². The van der Waals surface area contributed by atoms with Crippen LogP contribution in [-0.4, -0.2) is 16.3 Å². The van der Waals surface area contributed by atoms with Gasteiger partial charge >= 0.3 is 6.01 Å². The Morgan fingerprint density at radius 1 is 1.12 bits per heavy atom. The number of rotatable bonds is 3. The van der Waals surface area contributed by atoms with E-state index in [-0.39, 0.29) is 6.01 Å². The summed E-state index contributed by atoms with van der Waals surface area (Å²) in [4.78, 5) is 18.1. The van der Waals surface area contributed by atoms with Crippen molar-refractivity contribution in [3.8, 4) is 11.8 Å². The molecule has 6 heteroatoms.